The molecule has 0 bridgehead atoms. The van der Waals surface area contributed by atoms with Gasteiger partial charge in [-0.2, -0.15) is 0 Å². The van der Waals surface area contributed by atoms with E-state index in [1.54, 1.807) is 57.4 Å². The smallest absolute Gasteiger partial charge is 0.241 e. The van der Waals surface area contributed by atoms with Gasteiger partial charge in [0.25, 0.3) is 0 Å². The molecule has 0 saturated heterocycles. The summed E-state index contributed by atoms with van der Waals surface area (Å²) in [7, 11) is -2.10. The van der Waals surface area contributed by atoms with E-state index < -0.39 is 15.9 Å². The van der Waals surface area contributed by atoms with Crippen LogP contribution in [0.25, 0.3) is 0 Å². The summed E-state index contributed by atoms with van der Waals surface area (Å²) in [6.45, 7) is 3.41. The van der Waals surface area contributed by atoms with Crippen LogP contribution >= 0.6 is 11.6 Å². The minimum absolute atomic E-state index is 0.229. The molecule has 0 aliphatic carbocycles. The molecule has 0 spiro atoms. The van der Waals surface area contributed by atoms with Gasteiger partial charge in [-0.15, -0.1) is 0 Å². The molecular weight excluding hydrogens is 416 g/mol. The minimum atomic E-state index is -3.68. The Balaban J connectivity index is 1.99. The number of methoxy groups -OCH3 is 1. The van der Waals surface area contributed by atoms with Gasteiger partial charge >= 0.3 is 0 Å². The summed E-state index contributed by atoms with van der Waals surface area (Å²) in [5.41, 5.74) is 1.07. The number of anilines is 1. The standard InChI is InChI=1S/C20H25ClN2O5S/c1-14-5-6-16(21)11-19(14)23(29(4,25)26)12-20(24)22-15(2)13-28-18-9-7-17(27-3)8-10-18/h5-11,15H,12-13H2,1-4H3,(H,22,24)/t15-/m0/s1. The minimum Gasteiger partial charge on any atom is -0.497 e. The van der Waals surface area contributed by atoms with Gasteiger partial charge in [0.1, 0.15) is 24.7 Å². The molecule has 1 atom stereocenters. The summed E-state index contributed by atoms with van der Waals surface area (Å²) in [5.74, 6) is 0.913. The fraction of sp³-hybridized carbons (Fsp3) is 0.350. The highest BCUT2D eigenvalue weighted by molar-refractivity contribution is 7.92. The molecule has 0 saturated carbocycles. The van der Waals surface area contributed by atoms with Crippen LogP contribution in [0.4, 0.5) is 5.69 Å². The number of ether oxygens (including phenoxy) is 2. The Labute approximate surface area is 176 Å². The second-order valence-electron chi connectivity index (χ2n) is 6.66. The summed E-state index contributed by atoms with van der Waals surface area (Å²) in [6.07, 6.45) is 1.05. The SMILES string of the molecule is COc1ccc(OC[C@H](C)NC(=O)CN(c2cc(Cl)ccc2C)S(C)(=O)=O)cc1. The molecule has 0 aliphatic heterocycles. The molecule has 9 heteroatoms. The van der Waals surface area contributed by atoms with E-state index in [-0.39, 0.29) is 19.2 Å². The number of amides is 1. The van der Waals surface area contributed by atoms with Gasteiger partial charge in [0.05, 0.1) is 25.1 Å². The maximum atomic E-state index is 12.5. The van der Waals surface area contributed by atoms with Crippen molar-refractivity contribution < 1.29 is 22.7 Å². The van der Waals surface area contributed by atoms with Crippen molar-refractivity contribution in [3.8, 4) is 11.5 Å². The number of nitrogens with one attached hydrogen (secondary N) is 1. The molecule has 0 fully saturated rings. The van der Waals surface area contributed by atoms with Gasteiger partial charge in [0.15, 0.2) is 0 Å². The number of hydrogen-bond acceptors (Lipinski definition) is 5. The first kappa shape index (κ1) is 22.8. The Kier molecular flexibility index (Phi) is 7.75. The zero-order valence-electron chi connectivity index (χ0n) is 16.8. The molecule has 0 unspecified atom stereocenters. The number of benzene rings is 2. The van der Waals surface area contributed by atoms with Gasteiger partial charge in [-0.1, -0.05) is 17.7 Å². The molecule has 2 rings (SSSR count). The van der Waals surface area contributed by atoms with Crippen LogP contribution in [0.5, 0.6) is 11.5 Å². The maximum Gasteiger partial charge on any atom is 0.241 e. The van der Waals surface area contributed by atoms with Crippen LogP contribution in [-0.2, 0) is 14.8 Å². The molecule has 7 nitrogen and oxygen atoms in total. The zero-order valence-corrected chi connectivity index (χ0v) is 18.4. The topological polar surface area (TPSA) is 84.9 Å². The normalized spacial score (nSPS) is 12.2. The summed E-state index contributed by atoms with van der Waals surface area (Å²) in [4.78, 5) is 12.5. The molecule has 29 heavy (non-hydrogen) atoms. The van der Waals surface area contributed by atoms with Crippen LogP contribution in [0.3, 0.4) is 0 Å². The third-order valence-corrected chi connectivity index (χ3v) is 5.46. The highest BCUT2D eigenvalue weighted by Crippen LogP contribution is 2.26. The van der Waals surface area contributed by atoms with E-state index in [0.717, 1.165) is 16.3 Å². The molecule has 1 amide bonds. The van der Waals surface area contributed by atoms with Crippen LogP contribution in [0.15, 0.2) is 42.5 Å². The highest BCUT2D eigenvalue weighted by Gasteiger charge is 2.23. The lowest BCUT2D eigenvalue weighted by Gasteiger charge is -2.25. The quantitative estimate of drug-likeness (QED) is 0.647. The number of rotatable bonds is 9. The third-order valence-electron chi connectivity index (χ3n) is 4.09. The largest absolute Gasteiger partial charge is 0.497 e. The summed E-state index contributed by atoms with van der Waals surface area (Å²) >= 11 is 6.00. The summed E-state index contributed by atoms with van der Waals surface area (Å²) < 4.78 is 36.3. The number of carbonyl (C=O) groups is 1. The second kappa shape index (κ2) is 9.84. The average molecular weight is 441 g/mol. The van der Waals surface area contributed by atoms with Crippen molar-refractivity contribution in [2.45, 2.75) is 19.9 Å². The van der Waals surface area contributed by atoms with Crippen molar-refractivity contribution in [3.05, 3.63) is 53.1 Å². The van der Waals surface area contributed by atoms with Gasteiger partial charge in [-0.3, -0.25) is 9.10 Å². The van der Waals surface area contributed by atoms with Gasteiger partial charge < -0.3 is 14.8 Å². The van der Waals surface area contributed by atoms with E-state index in [1.165, 1.54) is 6.07 Å². The van der Waals surface area contributed by atoms with Crippen LogP contribution in [-0.4, -0.2) is 46.9 Å². The number of sulfonamides is 1. The first-order valence-electron chi connectivity index (χ1n) is 8.90. The lowest BCUT2D eigenvalue weighted by molar-refractivity contribution is -0.120. The van der Waals surface area contributed by atoms with Crippen molar-refractivity contribution in [2.75, 3.05) is 30.8 Å². The Bertz CT molecular complexity index is 948. The number of nitrogens with zero attached hydrogens (tertiary/aromatic N) is 1. The zero-order chi connectivity index (χ0) is 21.6. The lowest BCUT2D eigenvalue weighted by Crippen LogP contribution is -2.45. The molecular formula is C20H25ClN2O5S. The van der Waals surface area contributed by atoms with E-state index in [4.69, 9.17) is 21.1 Å². The van der Waals surface area contributed by atoms with E-state index in [2.05, 4.69) is 5.32 Å². The maximum absolute atomic E-state index is 12.5. The van der Waals surface area contributed by atoms with Gasteiger partial charge in [-0.05, 0) is 55.8 Å². The first-order valence-corrected chi connectivity index (χ1v) is 11.1. The number of hydrogen-bond donors (Lipinski definition) is 1. The van der Waals surface area contributed by atoms with Crippen molar-refractivity contribution in [3.63, 3.8) is 0 Å². The molecule has 158 valence electrons. The molecule has 0 aliphatic rings. The fourth-order valence-corrected chi connectivity index (χ4v) is 3.69. The fourth-order valence-electron chi connectivity index (χ4n) is 2.62. The third kappa shape index (κ3) is 6.83. The number of halogens is 1. The van der Waals surface area contributed by atoms with E-state index >= 15 is 0 Å². The van der Waals surface area contributed by atoms with Gasteiger partial charge in [0.2, 0.25) is 15.9 Å². The predicted octanol–water partition coefficient (Wildman–Crippen LogP) is 3.01. The summed E-state index contributed by atoms with van der Waals surface area (Å²) in [6, 6.07) is 11.7. The first-order chi connectivity index (χ1) is 13.6. The molecule has 0 radical (unpaired) electrons. The van der Waals surface area contributed by atoms with Crippen LogP contribution in [0.1, 0.15) is 12.5 Å². The molecule has 0 aromatic heterocycles. The Morgan fingerprint density at radius 1 is 1.17 bits per heavy atom. The number of aryl methyl sites for hydroxylation is 1. The van der Waals surface area contributed by atoms with Crippen LogP contribution in [0.2, 0.25) is 5.02 Å². The molecule has 2 aromatic rings. The van der Waals surface area contributed by atoms with Crippen molar-refractivity contribution in [2.24, 2.45) is 0 Å². The van der Waals surface area contributed by atoms with E-state index in [9.17, 15) is 13.2 Å². The average Bonchev–Trinajstić information content (AvgIpc) is 2.66. The Morgan fingerprint density at radius 3 is 2.38 bits per heavy atom. The predicted molar refractivity (Wildman–Crippen MR) is 114 cm³/mol. The second-order valence-corrected chi connectivity index (χ2v) is 9.00. The van der Waals surface area contributed by atoms with Gasteiger partial charge in [0, 0.05) is 5.02 Å². The molecule has 2 aromatic carbocycles. The molecule has 1 N–H and O–H groups in total. The summed E-state index contributed by atoms with van der Waals surface area (Å²) in [5, 5.41) is 3.14. The lowest BCUT2D eigenvalue weighted by atomic mass is 10.2. The van der Waals surface area contributed by atoms with E-state index in [0.29, 0.717) is 22.0 Å². The van der Waals surface area contributed by atoms with Crippen molar-refractivity contribution >= 4 is 33.2 Å². The van der Waals surface area contributed by atoms with Crippen LogP contribution < -0.4 is 19.1 Å². The highest BCUT2D eigenvalue weighted by atomic mass is 35.5. The van der Waals surface area contributed by atoms with Gasteiger partial charge in [-0.25, -0.2) is 8.42 Å². The Hall–Kier alpha value is -2.45. The van der Waals surface area contributed by atoms with Crippen LogP contribution in [0, 0.1) is 6.92 Å². The molecule has 0 heterocycles. The Morgan fingerprint density at radius 2 is 1.79 bits per heavy atom. The van der Waals surface area contributed by atoms with Crippen molar-refractivity contribution in [1.29, 1.82) is 0 Å². The van der Waals surface area contributed by atoms with Crippen molar-refractivity contribution in [1.82, 2.24) is 5.32 Å². The number of carbonyl (C=O) groups excluding carboxylic acids is 1. The monoisotopic (exact) mass is 440 g/mol. The van der Waals surface area contributed by atoms with E-state index in [1.807, 2.05) is 0 Å².